The molecule has 0 aliphatic heterocycles. The van der Waals surface area contributed by atoms with Crippen molar-refractivity contribution in [2.75, 3.05) is 19.8 Å². The Labute approximate surface area is 259 Å². The summed E-state index contributed by atoms with van der Waals surface area (Å²) in [6.07, 6.45) is 22.2. The largest absolute Gasteiger partial charge is 0.480 e. The number of rotatable bonds is 31. The molecule has 3 atom stereocenters. The van der Waals surface area contributed by atoms with E-state index in [2.05, 4.69) is 21.3 Å². The van der Waals surface area contributed by atoms with Crippen LogP contribution < -0.4 is 5.32 Å². The highest BCUT2D eigenvalue weighted by atomic mass is 31.2. The Hall–Kier alpha value is -1.52. The second kappa shape index (κ2) is 28.0. The molecule has 0 heterocycles. The molecule has 254 valence electrons. The van der Waals surface area contributed by atoms with Crippen molar-refractivity contribution in [2.45, 2.75) is 161 Å². The van der Waals surface area contributed by atoms with E-state index in [1.807, 2.05) is 0 Å². The molecular formula is C31H60NO10P. The van der Waals surface area contributed by atoms with Gasteiger partial charge in [-0.1, -0.05) is 123 Å². The maximum atomic E-state index is 12.0. The molecule has 4 N–H and O–H groups in total. The minimum Gasteiger partial charge on any atom is -0.480 e. The van der Waals surface area contributed by atoms with Crippen LogP contribution in [0, 0.1) is 0 Å². The number of hydrogen-bond donors (Lipinski definition) is 4. The first-order valence-corrected chi connectivity index (χ1v) is 18.1. The predicted octanol–water partition coefficient (Wildman–Crippen LogP) is 6.83. The zero-order chi connectivity index (χ0) is 32.2. The quantitative estimate of drug-likeness (QED) is 0.0359. The predicted molar refractivity (Wildman–Crippen MR) is 167 cm³/mol. The fraction of sp³-hybridized carbons (Fsp3) is 0.903. The lowest BCUT2D eigenvalue weighted by Crippen LogP contribution is -2.43. The standard InChI is InChI=1S/C31H60NO10P/c1-3-5-6-7-8-9-10-11-12-13-14-15-16-17-18-19-20-21-23-30(35)40-24-27(33)25-41-43(38,39)42-26-28(31(36)37)32-29(34)22-4-2/h27-28,33H,3-26H2,1-2H3,(H,32,34)(H,36,37)(H,38,39). The number of carboxylic acid groups (broad SMARTS) is 1. The summed E-state index contributed by atoms with van der Waals surface area (Å²) in [6, 6.07) is -1.53. The summed E-state index contributed by atoms with van der Waals surface area (Å²) in [7, 11) is -4.71. The smallest absolute Gasteiger partial charge is 0.472 e. The molecule has 1 amide bonds. The number of nitrogens with one attached hydrogen (secondary N) is 1. The second-order valence-electron chi connectivity index (χ2n) is 11.4. The van der Waals surface area contributed by atoms with Gasteiger partial charge < -0.3 is 25.2 Å². The number of aliphatic hydroxyl groups excluding tert-OH is 1. The molecule has 0 bridgehead atoms. The van der Waals surface area contributed by atoms with Gasteiger partial charge in [0.15, 0.2) is 6.04 Å². The van der Waals surface area contributed by atoms with Gasteiger partial charge in [-0.15, -0.1) is 0 Å². The number of aliphatic carboxylic acids is 1. The zero-order valence-electron chi connectivity index (χ0n) is 26.8. The molecule has 3 unspecified atom stereocenters. The molecule has 0 rings (SSSR count). The SMILES string of the molecule is CCCCCCCCCCCCCCCCCCCCC(=O)OCC(O)COP(=O)(O)OCC(NC(=O)CCC)C(=O)O. The highest BCUT2D eigenvalue weighted by molar-refractivity contribution is 7.47. The molecular weight excluding hydrogens is 577 g/mol. The van der Waals surface area contributed by atoms with Crippen molar-refractivity contribution in [1.29, 1.82) is 0 Å². The van der Waals surface area contributed by atoms with Crippen LogP contribution in [0.1, 0.15) is 149 Å². The van der Waals surface area contributed by atoms with E-state index < -0.39 is 57.6 Å². The normalized spacial score (nSPS) is 14.1. The molecule has 0 saturated heterocycles. The van der Waals surface area contributed by atoms with Gasteiger partial charge in [-0.05, 0) is 12.8 Å². The Kier molecular flexibility index (Phi) is 27.0. The Morgan fingerprint density at radius 1 is 0.651 bits per heavy atom. The lowest BCUT2D eigenvalue weighted by atomic mass is 10.0. The van der Waals surface area contributed by atoms with E-state index in [9.17, 15) is 28.9 Å². The first-order chi connectivity index (χ1) is 20.6. The first-order valence-electron chi connectivity index (χ1n) is 16.6. The maximum Gasteiger partial charge on any atom is 0.472 e. The first kappa shape index (κ1) is 41.5. The molecule has 0 spiro atoms. The minimum absolute atomic E-state index is 0.0987. The lowest BCUT2D eigenvalue weighted by Gasteiger charge is -2.18. The summed E-state index contributed by atoms with van der Waals surface area (Å²) >= 11 is 0. The molecule has 12 heteroatoms. The number of carbonyl (C=O) groups excluding carboxylic acids is 2. The average molecular weight is 638 g/mol. The number of amides is 1. The van der Waals surface area contributed by atoms with Gasteiger partial charge >= 0.3 is 19.8 Å². The number of aliphatic hydroxyl groups is 1. The van der Waals surface area contributed by atoms with E-state index in [0.717, 1.165) is 19.3 Å². The van der Waals surface area contributed by atoms with Gasteiger partial charge in [0.25, 0.3) is 0 Å². The van der Waals surface area contributed by atoms with Crippen LogP contribution in [0.15, 0.2) is 0 Å². The Bertz CT molecular complexity index is 767. The van der Waals surface area contributed by atoms with Gasteiger partial charge in [0.2, 0.25) is 5.91 Å². The Morgan fingerprint density at radius 2 is 1.09 bits per heavy atom. The molecule has 0 aliphatic carbocycles. The van der Waals surface area contributed by atoms with Crippen LogP contribution in [-0.2, 0) is 32.7 Å². The van der Waals surface area contributed by atoms with Crippen molar-refractivity contribution in [1.82, 2.24) is 5.32 Å². The molecule has 0 aromatic heterocycles. The topological polar surface area (TPSA) is 169 Å². The van der Waals surface area contributed by atoms with Crippen LogP contribution in [0.3, 0.4) is 0 Å². The second-order valence-corrected chi connectivity index (χ2v) is 12.8. The van der Waals surface area contributed by atoms with Crippen molar-refractivity contribution in [2.24, 2.45) is 0 Å². The summed E-state index contributed by atoms with van der Waals surface area (Å²) in [5.41, 5.74) is 0. The number of ether oxygens (including phenoxy) is 1. The number of unbranched alkanes of at least 4 members (excludes halogenated alkanes) is 17. The van der Waals surface area contributed by atoms with Crippen molar-refractivity contribution < 1.29 is 47.8 Å². The van der Waals surface area contributed by atoms with Crippen LogP contribution in [0.25, 0.3) is 0 Å². The third-order valence-electron chi connectivity index (χ3n) is 7.12. The summed E-state index contributed by atoms with van der Waals surface area (Å²) in [4.78, 5) is 44.4. The molecule has 0 aromatic rings. The molecule has 0 fully saturated rings. The molecule has 43 heavy (non-hydrogen) atoms. The van der Waals surface area contributed by atoms with E-state index in [0.29, 0.717) is 12.8 Å². The van der Waals surface area contributed by atoms with Gasteiger partial charge in [-0.2, -0.15) is 0 Å². The summed E-state index contributed by atoms with van der Waals surface area (Å²) in [6.45, 7) is 2.12. The highest BCUT2D eigenvalue weighted by Gasteiger charge is 2.28. The highest BCUT2D eigenvalue weighted by Crippen LogP contribution is 2.43. The van der Waals surface area contributed by atoms with Gasteiger partial charge in [-0.25, -0.2) is 9.36 Å². The van der Waals surface area contributed by atoms with Crippen LogP contribution in [0.4, 0.5) is 0 Å². The van der Waals surface area contributed by atoms with Gasteiger partial charge in [0.05, 0.1) is 13.2 Å². The zero-order valence-corrected chi connectivity index (χ0v) is 27.7. The fourth-order valence-corrected chi connectivity index (χ4v) is 5.31. The summed E-state index contributed by atoms with van der Waals surface area (Å²) in [5, 5.41) is 21.2. The van der Waals surface area contributed by atoms with Crippen molar-refractivity contribution in [3.05, 3.63) is 0 Å². The minimum atomic E-state index is -4.71. The van der Waals surface area contributed by atoms with Crippen molar-refractivity contribution >= 4 is 25.7 Å². The van der Waals surface area contributed by atoms with Gasteiger partial charge in [0, 0.05) is 12.8 Å². The number of phosphoric acid groups is 1. The van der Waals surface area contributed by atoms with Gasteiger partial charge in [-0.3, -0.25) is 18.6 Å². The van der Waals surface area contributed by atoms with Crippen LogP contribution >= 0.6 is 7.82 Å². The van der Waals surface area contributed by atoms with Crippen LogP contribution in [0.2, 0.25) is 0 Å². The van der Waals surface area contributed by atoms with E-state index in [1.54, 1.807) is 6.92 Å². The lowest BCUT2D eigenvalue weighted by molar-refractivity contribution is -0.147. The maximum absolute atomic E-state index is 12.0. The summed E-state index contributed by atoms with van der Waals surface area (Å²) < 4.78 is 26.2. The molecule has 0 saturated carbocycles. The Balaban J connectivity index is 3.71. The van der Waals surface area contributed by atoms with Crippen LogP contribution in [0.5, 0.6) is 0 Å². The number of phosphoric ester groups is 1. The number of esters is 1. The number of carbonyl (C=O) groups is 3. The molecule has 0 aliphatic rings. The monoisotopic (exact) mass is 637 g/mol. The molecule has 0 aromatic carbocycles. The Morgan fingerprint density at radius 3 is 1.53 bits per heavy atom. The van der Waals surface area contributed by atoms with E-state index in [-0.39, 0.29) is 12.8 Å². The van der Waals surface area contributed by atoms with E-state index in [1.165, 1.54) is 89.9 Å². The average Bonchev–Trinajstić information content (AvgIpc) is 2.96. The van der Waals surface area contributed by atoms with E-state index >= 15 is 0 Å². The molecule has 11 nitrogen and oxygen atoms in total. The number of carboxylic acids is 1. The van der Waals surface area contributed by atoms with Crippen molar-refractivity contribution in [3.8, 4) is 0 Å². The summed E-state index contributed by atoms with van der Waals surface area (Å²) in [5.74, 6) is -2.44. The fourth-order valence-electron chi connectivity index (χ4n) is 4.53. The third kappa shape index (κ3) is 27.7. The van der Waals surface area contributed by atoms with Gasteiger partial charge in [0.1, 0.15) is 12.7 Å². The molecule has 0 radical (unpaired) electrons. The number of hydrogen-bond acceptors (Lipinski definition) is 8. The third-order valence-corrected chi connectivity index (χ3v) is 8.07. The van der Waals surface area contributed by atoms with Crippen molar-refractivity contribution in [3.63, 3.8) is 0 Å². The van der Waals surface area contributed by atoms with Crippen LogP contribution in [-0.4, -0.2) is 64.9 Å². The van der Waals surface area contributed by atoms with E-state index in [4.69, 9.17) is 9.84 Å².